The highest BCUT2D eigenvalue weighted by molar-refractivity contribution is 5.87. The summed E-state index contributed by atoms with van der Waals surface area (Å²) in [6, 6.07) is 7.21. The van der Waals surface area contributed by atoms with Gasteiger partial charge in [-0.2, -0.15) is 5.26 Å². The van der Waals surface area contributed by atoms with Crippen molar-refractivity contribution < 1.29 is 4.39 Å². The SMILES string of the molecule is CC1CNC[C@@H](c2cc(F)c(C#N)c3ncccc23)C1. The van der Waals surface area contributed by atoms with Gasteiger partial charge in [0, 0.05) is 18.1 Å². The molecule has 0 aliphatic carbocycles. The van der Waals surface area contributed by atoms with E-state index in [9.17, 15) is 4.39 Å². The van der Waals surface area contributed by atoms with Crippen molar-refractivity contribution in [2.24, 2.45) is 5.92 Å². The van der Waals surface area contributed by atoms with Gasteiger partial charge in [0.05, 0.1) is 5.52 Å². The van der Waals surface area contributed by atoms with Crippen molar-refractivity contribution in [2.45, 2.75) is 19.3 Å². The molecule has 1 aromatic carbocycles. The molecule has 3 rings (SSSR count). The third-order valence-corrected chi connectivity index (χ3v) is 4.00. The van der Waals surface area contributed by atoms with Crippen LogP contribution in [0.4, 0.5) is 4.39 Å². The molecule has 0 saturated carbocycles. The summed E-state index contributed by atoms with van der Waals surface area (Å²) in [7, 11) is 0. The zero-order valence-corrected chi connectivity index (χ0v) is 11.4. The zero-order chi connectivity index (χ0) is 14.1. The minimum absolute atomic E-state index is 0.0427. The number of piperidine rings is 1. The number of halogens is 1. The zero-order valence-electron chi connectivity index (χ0n) is 11.4. The first-order valence-electron chi connectivity index (χ1n) is 6.88. The fourth-order valence-corrected chi connectivity index (χ4v) is 3.07. The highest BCUT2D eigenvalue weighted by Gasteiger charge is 2.24. The molecule has 3 nitrogen and oxygen atoms in total. The Labute approximate surface area is 117 Å². The molecular weight excluding hydrogens is 253 g/mol. The molecule has 0 radical (unpaired) electrons. The molecule has 0 bridgehead atoms. The van der Waals surface area contributed by atoms with Gasteiger partial charge >= 0.3 is 0 Å². The maximum absolute atomic E-state index is 14.1. The molecule has 1 aliphatic heterocycles. The third-order valence-electron chi connectivity index (χ3n) is 4.00. The Hall–Kier alpha value is -1.99. The van der Waals surface area contributed by atoms with Gasteiger partial charge in [0.15, 0.2) is 0 Å². The van der Waals surface area contributed by atoms with Crippen molar-refractivity contribution in [1.29, 1.82) is 5.26 Å². The molecule has 0 amide bonds. The number of aromatic nitrogens is 1. The van der Waals surface area contributed by atoms with Crippen molar-refractivity contribution in [3.05, 3.63) is 41.3 Å². The highest BCUT2D eigenvalue weighted by Crippen LogP contribution is 2.33. The van der Waals surface area contributed by atoms with Gasteiger partial charge < -0.3 is 5.32 Å². The van der Waals surface area contributed by atoms with Crippen LogP contribution < -0.4 is 5.32 Å². The van der Waals surface area contributed by atoms with Crippen molar-refractivity contribution >= 4 is 10.9 Å². The summed E-state index contributed by atoms with van der Waals surface area (Å²) >= 11 is 0. The summed E-state index contributed by atoms with van der Waals surface area (Å²) in [6.45, 7) is 4.05. The number of hydrogen-bond donors (Lipinski definition) is 1. The first-order valence-corrected chi connectivity index (χ1v) is 6.88. The first-order chi connectivity index (χ1) is 9.70. The Kier molecular flexibility index (Phi) is 3.37. The van der Waals surface area contributed by atoms with Crippen molar-refractivity contribution in [3.8, 4) is 6.07 Å². The summed E-state index contributed by atoms with van der Waals surface area (Å²) in [5, 5.41) is 13.4. The Morgan fingerprint density at radius 1 is 1.45 bits per heavy atom. The molecule has 20 heavy (non-hydrogen) atoms. The van der Waals surface area contributed by atoms with Crippen LogP contribution in [-0.4, -0.2) is 18.1 Å². The summed E-state index contributed by atoms with van der Waals surface area (Å²) in [4.78, 5) is 4.20. The second-order valence-electron chi connectivity index (χ2n) is 5.53. The number of fused-ring (bicyclic) bond motifs is 1. The van der Waals surface area contributed by atoms with E-state index in [1.165, 1.54) is 6.07 Å². The minimum atomic E-state index is -0.466. The third kappa shape index (κ3) is 2.14. The van der Waals surface area contributed by atoms with Gasteiger partial charge in [0.2, 0.25) is 0 Å². The van der Waals surface area contributed by atoms with E-state index in [0.717, 1.165) is 30.5 Å². The first kappa shape index (κ1) is 13.0. The lowest BCUT2D eigenvalue weighted by atomic mass is 9.84. The lowest BCUT2D eigenvalue weighted by Crippen LogP contribution is -2.34. The maximum Gasteiger partial charge on any atom is 0.143 e. The van der Waals surface area contributed by atoms with Crippen LogP contribution in [0.3, 0.4) is 0 Å². The van der Waals surface area contributed by atoms with E-state index < -0.39 is 5.82 Å². The number of nitrogens with zero attached hydrogens (tertiary/aromatic N) is 2. The molecule has 2 atom stereocenters. The fraction of sp³-hybridized carbons (Fsp3) is 0.375. The van der Waals surface area contributed by atoms with Crippen molar-refractivity contribution in [1.82, 2.24) is 10.3 Å². The largest absolute Gasteiger partial charge is 0.316 e. The van der Waals surface area contributed by atoms with Crippen LogP contribution in [0.2, 0.25) is 0 Å². The Morgan fingerprint density at radius 3 is 3.05 bits per heavy atom. The Morgan fingerprint density at radius 2 is 2.30 bits per heavy atom. The van der Waals surface area contributed by atoms with Gasteiger partial charge in [-0.25, -0.2) is 4.39 Å². The molecule has 1 fully saturated rings. The number of nitriles is 1. The van der Waals surface area contributed by atoms with Gasteiger partial charge in [0.25, 0.3) is 0 Å². The van der Waals surface area contributed by atoms with Crippen LogP contribution in [0.25, 0.3) is 10.9 Å². The van der Waals surface area contributed by atoms with Crippen LogP contribution in [0, 0.1) is 23.1 Å². The van der Waals surface area contributed by atoms with Gasteiger partial charge in [0.1, 0.15) is 17.4 Å². The molecule has 1 N–H and O–H groups in total. The van der Waals surface area contributed by atoms with Crippen molar-refractivity contribution in [2.75, 3.05) is 13.1 Å². The summed E-state index contributed by atoms with van der Waals surface area (Å²) in [5.74, 6) is 0.374. The number of hydrogen-bond acceptors (Lipinski definition) is 3. The fourth-order valence-electron chi connectivity index (χ4n) is 3.07. The lowest BCUT2D eigenvalue weighted by molar-refractivity contribution is 0.364. The lowest BCUT2D eigenvalue weighted by Gasteiger charge is -2.29. The van der Waals surface area contributed by atoms with Gasteiger partial charge in [-0.3, -0.25) is 4.98 Å². The summed E-state index contributed by atoms with van der Waals surface area (Å²) < 4.78 is 14.1. The average molecular weight is 269 g/mol. The second-order valence-corrected chi connectivity index (χ2v) is 5.53. The average Bonchev–Trinajstić information content (AvgIpc) is 2.46. The molecule has 4 heteroatoms. The van der Waals surface area contributed by atoms with Crippen molar-refractivity contribution in [3.63, 3.8) is 0 Å². The molecule has 1 saturated heterocycles. The van der Waals surface area contributed by atoms with E-state index in [-0.39, 0.29) is 11.5 Å². The number of rotatable bonds is 1. The predicted octanol–water partition coefficient (Wildman–Crippen LogP) is 2.96. The van der Waals surface area contributed by atoms with E-state index in [4.69, 9.17) is 5.26 Å². The van der Waals surface area contributed by atoms with E-state index >= 15 is 0 Å². The number of pyridine rings is 1. The van der Waals surface area contributed by atoms with E-state index in [1.807, 2.05) is 18.2 Å². The minimum Gasteiger partial charge on any atom is -0.316 e. The molecule has 0 spiro atoms. The maximum atomic E-state index is 14.1. The summed E-state index contributed by atoms with van der Waals surface area (Å²) in [6.07, 6.45) is 2.64. The smallest absolute Gasteiger partial charge is 0.143 e. The molecule has 102 valence electrons. The van der Waals surface area contributed by atoms with E-state index in [0.29, 0.717) is 11.4 Å². The monoisotopic (exact) mass is 269 g/mol. The molecule has 2 aromatic rings. The van der Waals surface area contributed by atoms with Crippen LogP contribution in [0.5, 0.6) is 0 Å². The molecule has 2 heterocycles. The van der Waals surface area contributed by atoms with Crippen LogP contribution in [-0.2, 0) is 0 Å². The topological polar surface area (TPSA) is 48.7 Å². The second kappa shape index (κ2) is 5.18. The van der Waals surface area contributed by atoms with Crippen LogP contribution in [0.15, 0.2) is 24.4 Å². The molecule has 1 aromatic heterocycles. The van der Waals surface area contributed by atoms with Crippen LogP contribution >= 0.6 is 0 Å². The normalized spacial score (nSPS) is 22.6. The van der Waals surface area contributed by atoms with E-state index in [1.54, 1.807) is 6.20 Å². The van der Waals surface area contributed by atoms with Gasteiger partial charge in [-0.15, -0.1) is 0 Å². The van der Waals surface area contributed by atoms with Gasteiger partial charge in [-0.1, -0.05) is 13.0 Å². The van der Waals surface area contributed by atoms with E-state index in [2.05, 4.69) is 17.2 Å². The molecule has 1 unspecified atom stereocenters. The quantitative estimate of drug-likeness (QED) is 0.866. The molecule has 1 aliphatic rings. The predicted molar refractivity (Wildman–Crippen MR) is 75.8 cm³/mol. The van der Waals surface area contributed by atoms with Crippen LogP contribution in [0.1, 0.15) is 30.4 Å². The highest BCUT2D eigenvalue weighted by atomic mass is 19.1. The number of benzene rings is 1. The Balaban J connectivity index is 2.19. The number of nitrogens with one attached hydrogen (secondary N) is 1. The standard InChI is InChI=1S/C16H16FN3/c1-10-5-11(9-19-8-10)13-6-15(17)14(7-18)16-12(13)3-2-4-20-16/h2-4,6,10-11,19H,5,8-9H2,1H3/t10?,11-/m0/s1. The summed E-state index contributed by atoms with van der Waals surface area (Å²) in [5.41, 5.74) is 1.48. The molecular formula is C16H16FN3. The van der Waals surface area contributed by atoms with Gasteiger partial charge in [-0.05, 0) is 42.5 Å². The Bertz CT molecular complexity index is 690.